The molecule has 0 atom stereocenters. The Kier molecular flexibility index (Phi) is 2.73. The minimum atomic E-state index is -0.198. The van der Waals surface area contributed by atoms with Crippen molar-refractivity contribution in [2.45, 2.75) is 26.6 Å². The van der Waals surface area contributed by atoms with E-state index in [1.54, 1.807) is 12.3 Å². The number of H-pyrrole nitrogens is 1. The zero-order chi connectivity index (χ0) is 10.8. The summed E-state index contributed by atoms with van der Waals surface area (Å²) in [6.07, 6.45) is 1.96. The maximum atomic E-state index is 13.5. The molecule has 2 aromatic rings. The van der Waals surface area contributed by atoms with E-state index in [-0.39, 0.29) is 11.9 Å². The molecule has 0 aliphatic heterocycles. The van der Waals surface area contributed by atoms with Crippen LogP contribution in [-0.4, -0.2) is 11.1 Å². The quantitative estimate of drug-likeness (QED) is 0.821. The van der Waals surface area contributed by atoms with E-state index in [9.17, 15) is 4.39 Å². The maximum Gasteiger partial charge on any atom is 0.132 e. The summed E-state index contributed by atoms with van der Waals surface area (Å²) in [7, 11) is 0. The molecule has 1 aromatic heterocycles. The minimum Gasteiger partial charge on any atom is -0.374 e. The number of fused-ring (bicyclic) bond motifs is 1. The molecule has 2 nitrogen and oxygen atoms in total. The van der Waals surface area contributed by atoms with Crippen LogP contribution in [-0.2, 0) is 11.3 Å². The van der Waals surface area contributed by atoms with Gasteiger partial charge in [-0.15, -0.1) is 0 Å². The van der Waals surface area contributed by atoms with Crippen LogP contribution in [0.15, 0.2) is 24.4 Å². The van der Waals surface area contributed by atoms with Gasteiger partial charge in [-0.25, -0.2) is 4.39 Å². The molecule has 15 heavy (non-hydrogen) atoms. The van der Waals surface area contributed by atoms with Gasteiger partial charge < -0.3 is 9.72 Å². The Morgan fingerprint density at radius 2 is 2.20 bits per heavy atom. The molecule has 0 saturated carbocycles. The SMILES string of the molecule is CC(C)OCc1c[nH]c2cccc(F)c12. The number of nitrogens with one attached hydrogen (secondary N) is 1. The van der Waals surface area contributed by atoms with Gasteiger partial charge in [0.1, 0.15) is 5.82 Å². The Bertz CT molecular complexity index is 462. The molecule has 1 aromatic carbocycles. The fourth-order valence-electron chi connectivity index (χ4n) is 1.58. The van der Waals surface area contributed by atoms with Crippen molar-refractivity contribution in [1.29, 1.82) is 0 Å². The van der Waals surface area contributed by atoms with Gasteiger partial charge in [-0.1, -0.05) is 6.07 Å². The first kappa shape index (κ1) is 10.2. The minimum absolute atomic E-state index is 0.154. The highest BCUT2D eigenvalue weighted by molar-refractivity contribution is 5.83. The molecule has 2 rings (SSSR count). The third-order valence-corrected chi connectivity index (χ3v) is 2.31. The van der Waals surface area contributed by atoms with Crippen molar-refractivity contribution in [2.75, 3.05) is 0 Å². The van der Waals surface area contributed by atoms with Crippen molar-refractivity contribution in [3.8, 4) is 0 Å². The highest BCUT2D eigenvalue weighted by Crippen LogP contribution is 2.22. The van der Waals surface area contributed by atoms with Crippen LogP contribution in [0.5, 0.6) is 0 Å². The van der Waals surface area contributed by atoms with Gasteiger partial charge in [0.05, 0.1) is 12.7 Å². The Morgan fingerprint density at radius 1 is 1.40 bits per heavy atom. The van der Waals surface area contributed by atoms with Crippen LogP contribution in [0.25, 0.3) is 10.9 Å². The van der Waals surface area contributed by atoms with Gasteiger partial charge >= 0.3 is 0 Å². The van der Waals surface area contributed by atoms with Crippen molar-refractivity contribution in [2.24, 2.45) is 0 Å². The zero-order valence-electron chi connectivity index (χ0n) is 8.88. The van der Waals surface area contributed by atoms with E-state index in [2.05, 4.69) is 4.98 Å². The van der Waals surface area contributed by atoms with E-state index < -0.39 is 0 Å². The molecule has 1 heterocycles. The summed E-state index contributed by atoms with van der Waals surface area (Å²) in [6, 6.07) is 5.02. The lowest BCUT2D eigenvalue weighted by Gasteiger charge is -2.06. The van der Waals surface area contributed by atoms with E-state index in [0.717, 1.165) is 11.1 Å². The van der Waals surface area contributed by atoms with Crippen molar-refractivity contribution < 1.29 is 9.13 Å². The van der Waals surface area contributed by atoms with E-state index in [0.29, 0.717) is 12.0 Å². The normalized spacial score (nSPS) is 11.5. The number of hydrogen-bond donors (Lipinski definition) is 1. The Labute approximate surface area is 88.1 Å². The molecular weight excluding hydrogens is 193 g/mol. The summed E-state index contributed by atoms with van der Waals surface area (Å²) in [5.74, 6) is -0.198. The first-order valence-corrected chi connectivity index (χ1v) is 5.04. The Balaban J connectivity index is 2.35. The largest absolute Gasteiger partial charge is 0.374 e. The highest BCUT2D eigenvalue weighted by Gasteiger charge is 2.08. The molecule has 0 unspecified atom stereocenters. The van der Waals surface area contributed by atoms with E-state index in [1.807, 2.05) is 19.9 Å². The average molecular weight is 207 g/mol. The van der Waals surface area contributed by atoms with Gasteiger partial charge in [0.15, 0.2) is 0 Å². The van der Waals surface area contributed by atoms with Crippen LogP contribution in [0.3, 0.4) is 0 Å². The Hall–Kier alpha value is -1.35. The third kappa shape index (κ3) is 2.02. The fourth-order valence-corrected chi connectivity index (χ4v) is 1.58. The first-order chi connectivity index (χ1) is 7.18. The molecule has 0 fully saturated rings. The van der Waals surface area contributed by atoms with Gasteiger partial charge in [0.2, 0.25) is 0 Å². The molecule has 3 heteroatoms. The molecule has 0 amide bonds. The average Bonchev–Trinajstić information content (AvgIpc) is 2.59. The first-order valence-electron chi connectivity index (χ1n) is 5.04. The number of aromatic amines is 1. The van der Waals surface area contributed by atoms with Crippen molar-refractivity contribution in [3.63, 3.8) is 0 Å². The fraction of sp³-hybridized carbons (Fsp3) is 0.333. The summed E-state index contributed by atoms with van der Waals surface area (Å²) in [5.41, 5.74) is 1.69. The second-order valence-electron chi connectivity index (χ2n) is 3.84. The number of halogens is 1. The zero-order valence-corrected chi connectivity index (χ0v) is 8.88. The second-order valence-corrected chi connectivity index (χ2v) is 3.84. The van der Waals surface area contributed by atoms with Gasteiger partial charge in [0.25, 0.3) is 0 Å². The lowest BCUT2D eigenvalue weighted by molar-refractivity contribution is 0.0663. The highest BCUT2D eigenvalue weighted by atomic mass is 19.1. The van der Waals surface area contributed by atoms with Crippen LogP contribution in [0.2, 0.25) is 0 Å². The number of hydrogen-bond acceptors (Lipinski definition) is 1. The number of aromatic nitrogens is 1. The molecular formula is C12H14FNO. The summed E-state index contributed by atoms with van der Waals surface area (Å²) >= 11 is 0. The van der Waals surface area contributed by atoms with Gasteiger partial charge in [-0.05, 0) is 26.0 Å². The molecule has 80 valence electrons. The number of ether oxygens (including phenoxy) is 1. The van der Waals surface area contributed by atoms with E-state index in [1.165, 1.54) is 6.07 Å². The summed E-state index contributed by atoms with van der Waals surface area (Å²) in [6.45, 7) is 4.37. The van der Waals surface area contributed by atoms with Gasteiger partial charge in [-0.2, -0.15) is 0 Å². The van der Waals surface area contributed by atoms with E-state index in [4.69, 9.17) is 4.74 Å². The maximum absolute atomic E-state index is 13.5. The van der Waals surface area contributed by atoms with Crippen LogP contribution in [0.4, 0.5) is 4.39 Å². The van der Waals surface area contributed by atoms with Crippen molar-refractivity contribution in [1.82, 2.24) is 4.98 Å². The standard InChI is InChI=1S/C12H14FNO/c1-8(2)15-7-9-6-14-11-5-3-4-10(13)12(9)11/h3-6,8,14H,7H2,1-2H3. The molecule has 0 bridgehead atoms. The summed E-state index contributed by atoms with van der Waals surface area (Å²) in [5, 5.41) is 0.637. The second kappa shape index (κ2) is 4.03. The van der Waals surface area contributed by atoms with Crippen LogP contribution < -0.4 is 0 Å². The van der Waals surface area contributed by atoms with Gasteiger partial charge in [-0.3, -0.25) is 0 Å². The number of benzene rings is 1. The van der Waals surface area contributed by atoms with Crippen molar-refractivity contribution >= 4 is 10.9 Å². The number of rotatable bonds is 3. The molecule has 0 aliphatic rings. The van der Waals surface area contributed by atoms with Gasteiger partial charge in [0, 0.05) is 22.7 Å². The predicted octanol–water partition coefficient (Wildman–Crippen LogP) is 3.23. The molecule has 0 spiro atoms. The molecule has 1 N–H and O–H groups in total. The van der Waals surface area contributed by atoms with Crippen LogP contribution >= 0.6 is 0 Å². The Morgan fingerprint density at radius 3 is 2.93 bits per heavy atom. The summed E-state index contributed by atoms with van der Waals surface area (Å²) in [4.78, 5) is 3.03. The third-order valence-electron chi connectivity index (χ3n) is 2.31. The van der Waals surface area contributed by atoms with Crippen LogP contribution in [0.1, 0.15) is 19.4 Å². The van der Waals surface area contributed by atoms with Crippen LogP contribution in [0, 0.1) is 5.82 Å². The lowest BCUT2D eigenvalue weighted by atomic mass is 10.2. The van der Waals surface area contributed by atoms with E-state index >= 15 is 0 Å². The molecule has 0 saturated heterocycles. The smallest absolute Gasteiger partial charge is 0.132 e. The molecule has 0 aliphatic carbocycles. The topological polar surface area (TPSA) is 25.0 Å². The monoisotopic (exact) mass is 207 g/mol. The predicted molar refractivity (Wildman–Crippen MR) is 58.2 cm³/mol. The van der Waals surface area contributed by atoms with Crippen molar-refractivity contribution in [3.05, 3.63) is 35.8 Å². The summed E-state index contributed by atoms with van der Waals surface area (Å²) < 4.78 is 19.0. The lowest BCUT2D eigenvalue weighted by Crippen LogP contribution is -2.01. The molecule has 0 radical (unpaired) electrons.